The molecule has 5 rings (SSSR count). The number of aromatic nitrogens is 4. The second kappa shape index (κ2) is 7.70. The Labute approximate surface area is 172 Å². The summed E-state index contributed by atoms with van der Waals surface area (Å²) in [6.07, 6.45) is 6.32. The molecule has 1 saturated carbocycles. The lowest BCUT2D eigenvalue weighted by atomic mass is 9.93. The van der Waals surface area contributed by atoms with Crippen molar-refractivity contribution in [3.8, 4) is 0 Å². The molecule has 1 fully saturated rings. The van der Waals surface area contributed by atoms with Gasteiger partial charge in [-0.15, -0.1) is 0 Å². The first-order chi connectivity index (χ1) is 14.2. The number of aliphatic hydroxyl groups is 2. The molecule has 4 aromatic rings. The maximum Gasteiger partial charge on any atom is 0.184 e. The minimum atomic E-state index is -0.294. The van der Waals surface area contributed by atoms with E-state index < -0.39 is 0 Å². The van der Waals surface area contributed by atoms with Crippen LogP contribution in [0.25, 0.3) is 15.9 Å². The summed E-state index contributed by atoms with van der Waals surface area (Å²) in [5.74, 6) is 0. The van der Waals surface area contributed by atoms with Crippen LogP contribution < -0.4 is 5.32 Å². The minimum Gasteiger partial charge on any atom is -0.391 e. The molecule has 3 aromatic heterocycles. The third-order valence-electron chi connectivity index (χ3n) is 5.53. The fourth-order valence-corrected chi connectivity index (χ4v) is 4.94. The van der Waals surface area contributed by atoms with Gasteiger partial charge in [0.05, 0.1) is 46.6 Å². The van der Waals surface area contributed by atoms with Gasteiger partial charge in [0, 0.05) is 6.42 Å². The highest BCUT2D eigenvalue weighted by Gasteiger charge is 2.23. The van der Waals surface area contributed by atoms with Crippen LogP contribution >= 0.6 is 11.3 Å². The maximum absolute atomic E-state index is 10.2. The smallest absolute Gasteiger partial charge is 0.184 e. The Bertz CT molecular complexity index is 1150. The fraction of sp³-hybridized carbons (Fsp3) is 0.381. The number of aliphatic hydroxyl groups excluding tert-OH is 2. The van der Waals surface area contributed by atoms with Gasteiger partial charge in [-0.05, 0) is 42.7 Å². The molecule has 2 unspecified atom stereocenters. The Kier molecular flexibility index (Phi) is 4.91. The van der Waals surface area contributed by atoms with E-state index in [1.165, 1.54) is 0 Å². The largest absolute Gasteiger partial charge is 0.391 e. The van der Waals surface area contributed by atoms with Gasteiger partial charge in [-0.1, -0.05) is 30.2 Å². The van der Waals surface area contributed by atoms with E-state index in [2.05, 4.69) is 27.5 Å². The molecule has 3 N–H and O–H groups in total. The van der Waals surface area contributed by atoms with Crippen LogP contribution in [0.1, 0.15) is 42.6 Å². The normalized spacial score (nSPS) is 19.8. The molecule has 2 atom stereocenters. The molecule has 29 heavy (non-hydrogen) atoms. The Morgan fingerprint density at radius 1 is 1.17 bits per heavy atom. The van der Waals surface area contributed by atoms with Crippen molar-refractivity contribution >= 4 is 32.3 Å². The predicted octanol–water partition coefficient (Wildman–Crippen LogP) is 3.14. The van der Waals surface area contributed by atoms with Crippen molar-refractivity contribution in [1.82, 2.24) is 19.6 Å². The number of anilines is 1. The fourth-order valence-electron chi connectivity index (χ4n) is 3.95. The van der Waals surface area contributed by atoms with Gasteiger partial charge in [0.2, 0.25) is 0 Å². The van der Waals surface area contributed by atoms with Crippen molar-refractivity contribution in [3.63, 3.8) is 0 Å². The monoisotopic (exact) mass is 409 g/mol. The van der Waals surface area contributed by atoms with Gasteiger partial charge in [0.1, 0.15) is 0 Å². The van der Waals surface area contributed by atoms with Crippen LogP contribution in [0, 0.1) is 0 Å². The van der Waals surface area contributed by atoms with Crippen LogP contribution in [-0.2, 0) is 13.0 Å². The van der Waals surface area contributed by atoms with Crippen LogP contribution in [0.4, 0.5) is 5.13 Å². The van der Waals surface area contributed by atoms with Crippen LogP contribution in [0.15, 0.2) is 36.5 Å². The van der Waals surface area contributed by atoms with Crippen LogP contribution in [0.5, 0.6) is 0 Å². The van der Waals surface area contributed by atoms with E-state index in [4.69, 9.17) is 4.98 Å². The number of nitrogens with zero attached hydrogens (tertiary/aromatic N) is 4. The van der Waals surface area contributed by atoms with E-state index >= 15 is 0 Å². The van der Waals surface area contributed by atoms with Gasteiger partial charge in [0.15, 0.2) is 10.8 Å². The van der Waals surface area contributed by atoms with Crippen LogP contribution in [0.3, 0.4) is 0 Å². The molecular weight excluding hydrogens is 386 g/mol. The van der Waals surface area contributed by atoms with E-state index in [0.29, 0.717) is 12.1 Å². The van der Waals surface area contributed by atoms with Crippen molar-refractivity contribution in [2.24, 2.45) is 0 Å². The van der Waals surface area contributed by atoms with Gasteiger partial charge in [0.25, 0.3) is 0 Å². The number of hydrogen-bond acceptors (Lipinski definition) is 7. The summed E-state index contributed by atoms with van der Waals surface area (Å²) in [4.78, 5) is 9.09. The molecule has 8 heteroatoms. The number of benzene rings is 1. The number of thiazole rings is 1. The zero-order valence-corrected chi connectivity index (χ0v) is 16.8. The lowest BCUT2D eigenvalue weighted by molar-refractivity contribution is 0.116. The van der Waals surface area contributed by atoms with Crippen molar-refractivity contribution in [2.45, 2.75) is 50.9 Å². The first-order valence-electron chi connectivity index (χ1n) is 9.97. The van der Waals surface area contributed by atoms with Crippen molar-refractivity contribution in [3.05, 3.63) is 53.5 Å². The highest BCUT2D eigenvalue weighted by Crippen LogP contribution is 2.30. The molecule has 3 heterocycles. The molecule has 0 aliphatic heterocycles. The number of fused-ring (bicyclic) bond motifs is 2. The van der Waals surface area contributed by atoms with Gasteiger partial charge >= 0.3 is 0 Å². The highest BCUT2D eigenvalue weighted by molar-refractivity contribution is 7.22. The van der Waals surface area contributed by atoms with E-state index in [-0.39, 0.29) is 18.8 Å². The molecule has 0 bridgehead atoms. The van der Waals surface area contributed by atoms with E-state index in [0.717, 1.165) is 57.9 Å². The lowest BCUT2D eigenvalue weighted by Gasteiger charge is -2.27. The average molecular weight is 410 g/mol. The Hall–Kier alpha value is -2.55. The van der Waals surface area contributed by atoms with Crippen molar-refractivity contribution in [2.75, 3.05) is 5.32 Å². The number of nitrogens with one attached hydrogen (secondary N) is 1. The number of rotatable bonds is 5. The molecule has 1 aliphatic carbocycles. The third kappa shape index (κ3) is 3.71. The van der Waals surface area contributed by atoms with Crippen LogP contribution in [-0.4, -0.2) is 41.9 Å². The summed E-state index contributed by atoms with van der Waals surface area (Å²) in [5, 5.41) is 28.3. The summed E-state index contributed by atoms with van der Waals surface area (Å²) in [6.45, 7) is -0.0914. The summed E-state index contributed by atoms with van der Waals surface area (Å²) in [5.41, 5.74) is 4.49. The summed E-state index contributed by atoms with van der Waals surface area (Å²) in [6, 6.07) is 10.0. The Morgan fingerprint density at radius 2 is 2.07 bits per heavy atom. The van der Waals surface area contributed by atoms with E-state index in [9.17, 15) is 10.2 Å². The molecule has 7 nitrogen and oxygen atoms in total. The molecule has 1 aliphatic rings. The third-order valence-corrected chi connectivity index (χ3v) is 6.48. The molecule has 1 aromatic carbocycles. The lowest BCUT2D eigenvalue weighted by Crippen LogP contribution is -2.36. The van der Waals surface area contributed by atoms with Crippen molar-refractivity contribution < 1.29 is 10.2 Å². The molecular formula is C21H23N5O2S. The first kappa shape index (κ1) is 18.5. The number of imidazole rings is 1. The van der Waals surface area contributed by atoms with E-state index in [1.807, 2.05) is 18.3 Å². The average Bonchev–Trinajstić information content (AvgIpc) is 3.32. The molecule has 0 radical (unpaired) electrons. The van der Waals surface area contributed by atoms with Gasteiger partial charge in [-0.25, -0.2) is 14.5 Å². The maximum atomic E-state index is 10.2. The van der Waals surface area contributed by atoms with Gasteiger partial charge in [-0.2, -0.15) is 5.10 Å². The zero-order chi connectivity index (χ0) is 19.8. The Balaban J connectivity index is 1.39. The zero-order valence-electron chi connectivity index (χ0n) is 16.0. The van der Waals surface area contributed by atoms with Crippen molar-refractivity contribution in [1.29, 1.82) is 0 Å². The second-order valence-electron chi connectivity index (χ2n) is 7.60. The predicted molar refractivity (Wildman–Crippen MR) is 113 cm³/mol. The van der Waals surface area contributed by atoms with E-state index in [1.54, 1.807) is 21.9 Å². The minimum absolute atomic E-state index is 0.0914. The summed E-state index contributed by atoms with van der Waals surface area (Å²) < 4.78 is 2.91. The second-order valence-corrected chi connectivity index (χ2v) is 8.63. The van der Waals surface area contributed by atoms with Gasteiger partial charge < -0.3 is 15.5 Å². The first-order valence-corrected chi connectivity index (χ1v) is 10.8. The summed E-state index contributed by atoms with van der Waals surface area (Å²) >= 11 is 1.62. The highest BCUT2D eigenvalue weighted by atomic mass is 32.1. The standard InChI is InChI=1S/C21H23N5O2S/c27-12-14-6-8-20-22-11-15(26(20)25-14)9-13-5-7-17-19(10-13)29-21(24-17)23-16-3-1-2-4-18(16)28/h5-8,10-11,16,18,27-28H,1-4,9,12H2,(H,23,24). The summed E-state index contributed by atoms with van der Waals surface area (Å²) in [7, 11) is 0. The number of hydrogen-bond donors (Lipinski definition) is 3. The molecule has 0 saturated heterocycles. The molecule has 150 valence electrons. The Morgan fingerprint density at radius 3 is 2.93 bits per heavy atom. The van der Waals surface area contributed by atoms with Gasteiger partial charge in [-0.3, -0.25) is 0 Å². The molecule has 0 amide bonds. The molecule has 0 spiro atoms. The topological polar surface area (TPSA) is 95.6 Å². The SMILES string of the molecule is OCc1ccc2ncc(Cc3ccc4nc(NC5CCCCC5O)sc4c3)n2n1. The quantitative estimate of drug-likeness (QED) is 0.469. The van der Waals surface area contributed by atoms with Crippen LogP contribution in [0.2, 0.25) is 0 Å².